The van der Waals surface area contributed by atoms with Crippen molar-refractivity contribution in [2.75, 3.05) is 0 Å². The van der Waals surface area contributed by atoms with Gasteiger partial charge in [-0.3, -0.25) is 0 Å². The van der Waals surface area contributed by atoms with Crippen molar-refractivity contribution in [3.63, 3.8) is 0 Å². The molecule has 4 N–H and O–H groups in total. The first kappa shape index (κ1) is 21.0. The van der Waals surface area contributed by atoms with Crippen LogP contribution in [0.1, 0.15) is 32.6 Å². The summed E-state index contributed by atoms with van der Waals surface area (Å²) in [5.74, 6) is -3.47. The average Bonchev–Trinajstić information content (AvgIpc) is 2.49. The number of halogens is 6. The smallest absolute Gasteiger partial charge is 0.358 e. The normalized spacial score (nSPS) is 30.3. The number of allylic oxidation sites excluding steroid dienone is 4. The summed E-state index contributed by atoms with van der Waals surface area (Å²) in [6, 6.07) is -0.311. The van der Waals surface area contributed by atoms with E-state index < -0.39 is 29.8 Å². The van der Waals surface area contributed by atoms with Gasteiger partial charge >= 0.3 is 12.4 Å². The molecule has 2 aliphatic rings. The van der Waals surface area contributed by atoms with E-state index in [0.29, 0.717) is 6.08 Å². The van der Waals surface area contributed by atoms with Crippen LogP contribution < -0.4 is 16.4 Å². The van der Waals surface area contributed by atoms with E-state index in [-0.39, 0.29) is 29.0 Å². The van der Waals surface area contributed by atoms with E-state index in [9.17, 15) is 26.3 Å². The minimum Gasteiger partial charge on any atom is -0.358 e. The Labute approximate surface area is 153 Å². The molecule has 2 rings (SSSR count). The van der Waals surface area contributed by atoms with Gasteiger partial charge in [-0.05, 0) is 31.1 Å². The van der Waals surface area contributed by atoms with Gasteiger partial charge in [0, 0.05) is 23.7 Å². The lowest BCUT2D eigenvalue weighted by molar-refractivity contribution is -0.171. The first-order valence-corrected chi connectivity index (χ1v) is 8.71. The Hall–Kier alpha value is -1.29. The highest BCUT2D eigenvalue weighted by Gasteiger charge is 2.47. The minimum atomic E-state index is -4.88. The van der Waals surface area contributed by atoms with E-state index in [1.165, 1.54) is 6.92 Å². The Bertz CT molecular complexity index is 596. The van der Waals surface area contributed by atoms with Crippen LogP contribution in [-0.2, 0) is 0 Å². The zero-order chi connectivity index (χ0) is 19.7. The molecule has 4 atom stereocenters. The molecule has 2 unspecified atom stereocenters. The van der Waals surface area contributed by atoms with Crippen LogP contribution in [0.25, 0.3) is 0 Å². The van der Waals surface area contributed by atoms with Crippen LogP contribution in [0.5, 0.6) is 0 Å². The second-order valence-corrected chi connectivity index (χ2v) is 7.14. The number of hydrogen-bond donors (Lipinski definition) is 3. The molecule has 0 spiro atoms. The first-order chi connectivity index (χ1) is 11.9. The van der Waals surface area contributed by atoms with Gasteiger partial charge in [-0.15, -0.1) is 0 Å². The molecule has 0 heterocycles. The van der Waals surface area contributed by atoms with Crippen molar-refractivity contribution >= 4 is 17.3 Å². The predicted octanol–water partition coefficient (Wildman–Crippen LogP) is 3.92. The largest absolute Gasteiger partial charge is 0.416 e. The van der Waals surface area contributed by atoms with Crippen molar-refractivity contribution < 1.29 is 26.3 Å². The summed E-state index contributed by atoms with van der Waals surface area (Å²) in [6.07, 6.45) is -5.31. The van der Waals surface area contributed by atoms with E-state index in [4.69, 9.17) is 18.0 Å². The van der Waals surface area contributed by atoms with Crippen molar-refractivity contribution in [2.24, 2.45) is 17.6 Å². The molecule has 0 radical (unpaired) electrons. The highest BCUT2D eigenvalue weighted by molar-refractivity contribution is 7.80. The van der Waals surface area contributed by atoms with Crippen LogP contribution in [-0.4, -0.2) is 29.5 Å². The molecule has 0 aliphatic heterocycles. The highest BCUT2D eigenvalue weighted by Crippen LogP contribution is 2.42. The minimum absolute atomic E-state index is 0.0187. The van der Waals surface area contributed by atoms with E-state index in [0.717, 1.165) is 25.7 Å². The SMILES string of the molecule is CC1C(NC(=S)N[C@@H]2CCCC[C@H]2N)=CC(C(F)(F)F)=CC1C(F)(F)F. The molecule has 0 aromatic heterocycles. The molecule has 1 saturated carbocycles. The molecule has 1 fully saturated rings. The van der Waals surface area contributed by atoms with Crippen molar-refractivity contribution in [2.45, 2.75) is 57.0 Å². The van der Waals surface area contributed by atoms with Gasteiger partial charge < -0.3 is 16.4 Å². The number of alkyl halides is 6. The first-order valence-electron chi connectivity index (χ1n) is 8.30. The second kappa shape index (κ2) is 7.75. The van der Waals surface area contributed by atoms with Crippen molar-refractivity contribution in [1.82, 2.24) is 10.6 Å². The lowest BCUT2D eigenvalue weighted by atomic mass is 9.83. The van der Waals surface area contributed by atoms with Crippen LogP contribution in [0.4, 0.5) is 26.3 Å². The van der Waals surface area contributed by atoms with Gasteiger partial charge in [-0.2, -0.15) is 26.3 Å². The predicted molar refractivity (Wildman–Crippen MR) is 90.0 cm³/mol. The maximum absolute atomic E-state index is 13.2. The quantitative estimate of drug-likeness (QED) is 0.485. The van der Waals surface area contributed by atoms with E-state index in [1.54, 1.807) is 0 Å². The third-order valence-corrected chi connectivity index (χ3v) is 5.02. The van der Waals surface area contributed by atoms with Gasteiger partial charge in [0.05, 0.1) is 11.5 Å². The number of rotatable bonds is 2. The maximum Gasteiger partial charge on any atom is 0.416 e. The lowest BCUT2D eigenvalue weighted by Gasteiger charge is -2.33. The Morgan fingerprint density at radius 2 is 1.77 bits per heavy atom. The average molecular weight is 401 g/mol. The Kier molecular flexibility index (Phi) is 6.27. The Balaban J connectivity index is 2.16. The summed E-state index contributed by atoms with van der Waals surface area (Å²) in [7, 11) is 0. The highest BCUT2D eigenvalue weighted by atomic mass is 32.1. The van der Waals surface area contributed by atoms with Crippen molar-refractivity contribution in [3.8, 4) is 0 Å². The summed E-state index contributed by atoms with van der Waals surface area (Å²) in [5.41, 5.74) is 4.42. The van der Waals surface area contributed by atoms with Crippen LogP contribution in [0.2, 0.25) is 0 Å². The number of thiocarbonyl (C=S) groups is 1. The van der Waals surface area contributed by atoms with Gasteiger partial charge in [0.2, 0.25) is 0 Å². The van der Waals surface area contributed by atoms with Crippen LogP contribution >= 0.6 is 12.2 Å². The fraction of sp³-hybridized carbons (Fsp3) is 0.688. The van der Waals surface area contributed by atoms with Gasteiger partial charge in [-0.25, -0.2) is 0 Å². The molecular weight excluding hydrogens is 380 g/mol. The Morgan fingerprint density at radius 3 is 2.31 bits per heavy atom. The monoisotopic (exact) mass is 401 g/mol. The Morgan fingerprint density at radius 1 is 1.15 bits per heavy atom. The molecule has 26 heavy (non-hydrogen) atoms. The van der Waals surface area contributed by atoms with Gasteiger partial charge in [0.1, 0.15) is 0 Å². The summed E-state index contributed by atoms with van der Waals surface area (Å²) in [4.78, 5) is 0. The topological polar surface area (TPSA) is 50.1 Å². The molecule has 148 valence electrons. The van der Waals surface area contributed by atoms with Gasteiger partial charge in [0.25, 0.3) is 0 Å². The van der Waals surface area contributed by atoms with E-state index in [2.05, 4.69) is 10.6 Å². The second-order valence-electron chi connectivity index (χ2n) is 6.73. The van der Waals surface area contributed by atoms with Crippen LogP contribution in [0, 0.1) is 11.8 Å². The molecule has 2 aliphatic carbocycles. The van der Waals surface area contributed by atoms with Crippen molar-refractivity contribution in [1.29, 1.82) is 0 Å². The number of hydrogen-bond acceptors (Lipinski definition) is 2. The van der Waals surface area contributed by atoms with E-state index in [1.807, 2.05) is 0 Å². The molecule has 3 nitrogen and oxygen atoms in total. The zero-order valence-corrected chi connectivity index (χ0v) is 14.9. The maximum atomic E-state index is 13.2. The summed E-state index contributed by atoms with van der Waals surface area (Å²) < 4.78 is 78.4. The van der Waals surface area contributed by atoms with Crippen LogP contribution in [0.15, 0.2) is 23.4 Å². The van der Waals surface area contributed by atoms with Crippen LogP contribution in [0.3, 0.4) is 0 Å². The zero-order valence-electron chi connectivity index (χ0n) is 14.0. The molecular formula is C16H21F6N3S. The number of nitrogens with two attached hydrogens (primary N) is 1. The lowest BCUT2D eigenvalue weighted by Crippen LogP contribution is -2.52. The standard InChI is InChI=1S/C16H21F6N3S/c1-8-10(16(20,21)22)6-9(15(17,18)19)7-13(8)25-14(26)24-12-5-3-2-4-11(12)23/h6-8,10-12H,2-5,23H2,1H3,(H2,24,25,26)/t8?,10?,11-,12-/m1/s1. The third-order valence-electron chi connectivity index (χ3n) is 4.80. The summed E-state index contributed by atoms with van der Waals surface area (Å²) in [6.45, 7) is 1.22. The molecule has 0 aromatic rings. The van der Waals surface area contributed by atoms with Gasteiger partial charge in [-0.1, -0.05) is 25.8 Å². The molecule has 0 aromatic carbocycles. The van der Waals surface area contributed by atoms with E-state index >= 15 is 0 Å². The molecule has 0 saturated heterocycles. The van der Waals surface area contributed by atoms with Gasteiger partial charge in [0.15, 0.2) is 5.11 Å². The molecule has 10 heteroatoms. The number of nitrogens with one attached hydrogen (secondary N) is 2. The fourth-order valence-electron chi connectivity index (χ4n) is 3.26. The molecule has 0 amide bonds. The summed E-state index contributed by atoms with van der Waals surface area (Å²) >= 11 is 5.09. The molecule has 0 bridgehead atoms. The van der Waals surface area contributed by atoms with Crippen molar-refractivity contribution in [3.05, 3.63) is 23.4 Å². The third kappa shape index (κ3) is 5.12. The summed E-state index contributed by atoms with van der Waals surface area (Å²) in [5, 5.41) is 5.42. The fourth-order valence-corrected chi connectivity index (χ4v) is 3.53.